The number of nitrogens with two attached hydrogens (primary N) is 1. The summed E-state index contributed by atoms with van der Waals surface area (Å²) in [5.41, 5.74) is 12.4. The van der Waals surface area contributed by atoms with E-state index in [9.17, 15) is 4.79 Å². The Hall–Kier alpha value is -2.98. The van der Waals surface area contributed by atoms with Gasteiger partial charge in [0, 0.05) is 50.7 Å². The molecule has 1 aliphatic heterocycles. The fourth-order valence-electron chi connectivity index (χ4n) is 2.75. The standard InChI is InChI=1S/C16H22N8O2/c17-13-14(21-22-16(26)12-1-3-18-4-2-12)19-11-20-15(13)24-7-5-23(6-8-24)9-10-25/h1-4,11,25H,5-10,17H2,(H,22,26)(H,19,20,21). The Labute approximate surface area is 151 Å². The highest BCUT2D eigenvalue weighted by molar-refractivity contribution is 5.95. The maximum Gasteiger partial charge on any atom is 0.269 e. The van der Waals surface area contributed by atoms with E-state index < -0.39 is 0 Å². The zero-order valence-corrected chi connectivity index (χ0v) is 14.3. The quantitative estimate of drug-likeness (QED) is 0.496. The number of nitrogens with one attached hydrogen (secondary N) is 2. The van der Waals surface area contributed by atoms with Gasteiger partial charge in [-0.2, -0.15) is 0 Å². The van der Waals surface area contributed by atoms with Gasteiger partial charge in [0.1, 0.15) is 12.0 Å². The van der Waals surface area contributed by atoms with E-state index in [1.54, 1.807) is 24.5 Å². The highest BCUT2D eigenvalue weighted by atomic mass is 16.3. The van der Waals surface area contributed by atoms with Crippen LogP contribution in [0.3, 0.4) is 0 Å². The molecule has 26 heavy (non-hydrogen) atoms. The number of β-amino-alcohol motifs (C(OH)–C–C–N with tert-alkyl or cyclic N) is 1. The molecule has 0 radical (unpaired) electrons. The number of amides is 1. The monoisotopic (exact) mass is 358 g/mol. The smallest absolute Gasteiger partial charge is 0.269 e. The lowest BCUT2D eigenvalue weighted by Crippen LogP contribution is -2.47. The van der Waals surface area contributed by atoms with Crippen molar-refractivity contribution < 1.29 is 9.90 Å². The number of aliphatic hydroxyl groups excluding tert-OH is 1. The van der Waals surface area contributed by atoms with Crippen LogP contribution >= 0.6 is 0 Å². The van der Waals surface area contributed by atoms with E-state index in [0.29, 0.717) is 29.4 Å². The SMILES string of the molecule is Nc1c(NNC(=O)c2ccncc2)ncnc1N1CCN(CCO)CC1. The molecule has 5 N–H and O–H groups in total. The van der Waals surface area contributed by atoms with Gasteiger partial charge in [-0.05, 0) is 12.1 Å². The van der Waals surface area contributed by atoms with Crippen molar-refractivity contribution in [1.29, 1.82) is 0 Å². The molecule has 3 rings (SSSR count). The largest absolute Gasteiger partial charge is 0.395 e. The Balaban J connectivity index is 1.63. The van der Waals surface area contributed by atoms with Crippen molar-refractivity contribution in [3.8, 4) is 0 Å². The Morgan fingerprint density at radius 3 is 2.62 bits per heavy atom. The number of carbonyl (C=O) groups is 1. The zero-order chi connectivity index (χ0) is 18.4. The highest BCUT2D eigenvalue weighted by Crippen LogP contribution is 2.26. The van der Waals surface area contributed by atoms with Crippen molar-refractivity contribution in [2.45, 2.75) is 0 Å². The van der Waals surface area contributed by atoms with Gasteiger partial charge in [-0.15, -0.1) is 0 Å². The first-order valence-corrected chi connectivity index (χ1v) is 8.34. The van der Waals surface area contributed by atoms with Gasteiger partial charge in [-0.3, -0.25) is 25.5 Å². The normalized spacial score (nSPS) is 14.9. The molecule has 0 unspecified atom stereocenters. The van der Waals surface area contributed by atoms with E-state index in [-0.39, 0.29) is 12.5 Å². The molecular formula is C16H22N8O2. The number of hydrazine groups is 1. The zero-order valence-electron chi connectivity index (χ0n) is 14.3. The molecule has 0 aromatic carbocycles. The average Bonchev–Trinajstić information content (AvgIpc) is 2.69. The van der Waals surface area contributed by atoms with Gasteiger partial charge in [0.25, 0.3) is 5.91 Å². The number of anilines is 3. The number of nitrogen functional groups attached to an aromatic ring is 1. The fourth-order valence-corrected chi connectivity index (χ4v) is 2.75. The van der Waals surface area contributed by atoms with E-state index in [0.717, 1.165) is 26.2 Å². The maximum atomic E-state index is 12.1. The topological polar surface area (TPSA) is 133 Å². The second-order valence-corrected chi connectivity index (χ2v) is 5.83. The molecule has 10 heteroatoms. The molecule has 10 nitrogen and oxygen atoms in total. The van der Waals surface area contributed by atoms with E-state index >= 15 is 0 Å². The van der Waals surface area contributed by atoms with Gasteiger partial charge in [-0.1, -0.05) is 0 Å². The number of pyridine rings is 1. The maximum absolute atomic E-state index is 12.1. The van der Waals surface area contributed by atoms with E-state index in [2.05, 4.69) is 35.6 Å². The van der Waals surface area contributed by atoms with Gasteiger partial charge < -0.3 is 15.7 Å². The van der Waals surface area contributed by atoms with Crippen LogP contribution in [0.25, 0.3) is 0 Å². The molecule has 2 aromatic heterocycles. The van der Waals surface area contributed by atoms with Crippen LogP contribution in [-0.2, 0) is 0 Å². The minimum atomic E-state index is -0.315. The first-order valence-electron chi connectivity index (χ1n) is 8.34. The molecule has 2 aromatic rings. The van der Waals surface area contributed by atoms with Crippen molar-refractivity contribution in [1.82, 2.24) is 25.3 Å². The molecule has 0 bridgehead atoms. The summed E-state index contributed by atoms with van der Waals surface area (Å²) in [6.07, 6.45) is 4.50. The number of rotatable bonds is 6. The van der Waals surface area contributed by atoms with Gasteiger partial charge >= 0.3 is 0 Å². The van der Waals surface area contributed by atoms with E-state index in [4.69, 9.17) is 10.8 Å². The fraction of sp³-hybridized carbons (Fsp3) is 0.375. The molecule has 0 atom stereocenters. The van der Waals surface area contributed by atoms with Crippen LogP contribution in [0.4, 0.5) is 17.3 Å². The minimum absolute atomic E-state index is 0.154. The van der Waals surface area contributed by atoms with Crippen molar-refractivity contribution in [3.05, 3.63) is 36.4 Å². The van der Waals surface area contributed by atoms with Crippen molar-refractivity contribution >= 4 is 23.2 Å². The van der Waals surface area contributed by atoms with E-state index in [1.807, 2.05) is 0 Å². The Morgan fingerprint density at radius 1 is 1.19 bits per heavy atom. The first-order chi connectivity index (χ1) is 12.7. The van der Waals surface area contributed by atoms with Crippen molar-refractivity contribution in [2.24, 2.45) is 0 Å². The Morgan fingerprint density at radius 2 is 1.92 bits per heavy atom. The van der Waals surface area contributed by atoms with Crippen LogP contribution in [0, 0.1) is 0 Å². The summed E-state index contributed by atoms with van der Waals surface area (Å²) in [6, 6.07) is 3.22. The third-order valence-corrected chi connectivity index (χ3v) is 4.19. The Bertz CT molecular complexity index is 734. The lowest BCUT2D eigenvalue weighted by atomic mass is 10.2. The van der Waals surface area contributed by atoms with Crippen LogP contribution in [0.2, 0.25) is 0 Å². The molecule has 3 heterocycles. The summed E-state index contributed by atoms with van der Waals surface area (Å²) in [5, 5.41) is 9.03. The van der Waals surface area contributed by atoms with Crippen LogP contribution in [0.15, 0.2) is 30.9 Å². The molecule has 0 aliphatic carbocycles. The van der Waals surface area contributed by atoms with Gasteiger partial charge in [0.05, 0.1) is 6.61 Å². The summed E-state index contributed by atoms with van der Waals surface area (Å²) in [6.45, 7) is 3.98. The van der Waals surface area contributed by atoms with Crippen LogP contribution in [0.1, 0.15) is 10.4 Å². The number of carbonyl (C=O) groups excluding carboxylic acids is 1. The molecule has 1 saturated heterocycles. The van der Waals surface area contributed by atoms with Gasteiger partial charge in [0.2, 0.25) is 0 Å². The molecule has 0 saturated carbocycles. The van der Waals surface area contributed by atoms with Crippen LogP contribution in [0.5, 0.6) is 0 Å². The number of nitrogens with zero attached hydrogens (tertiary/aromatic N) is 5. The summed E-state index contributed by atoms with van der Waals surface area (Å²) in [7, 11) is 0. The number of piperazine rings is 1. The van der Waals surface area contributed by atoms with E-state index in [1.165, 1.54) is 6.33 Å². The second kappa shape index (κ2) is 8.41. The second-order valence-electron chi connectivity index (χ2n) is 5.83. The average molecular weight is 358 g/mol. The molecule has 0 spiro atoms. The third kappa shape index (κ3) is 4.16. The number of hydrogen-bond donors (Lipinski definition) is 4. The van der Waals surface area contributed by atoms with Gasteiger partial charge in [0.15, 0.2) is 11.6 Å². The van der Waals surface area contributed by atoms with Crippen LogP contribution < -0.4 is 21.5 Å². The molecule has 138 valence electrons. The predicted molar refractivity (Wildman–Crippen MR) is 97.5 cm³/mol. The molecule has 1 aliphatic rings. The lowest BCUT2D eigenvalue weighted by molar-refractivity contribution is 0.0962. The highest BCUT2D eigenvalue weighted by Gasteiger charge is 2.21. The lowest BCUT2D eigenvalue weighted by Gasteiger charge is -2.35. The summed E-state index contributed by atoms with van der Waals surface area (Å²) >= 11 is 0. The molecule has 1 fully saturated rings. The molecular weight excluding hydrogens is 336 g/mol. The van der Waals surface area contributed by atoms with Gasteiger partial charge in [-0.25, -0.2) is 9.97 Å². The van der Waals surface area contributed by atoms with Crippen molar-refractivity contribution in [2.75, 3.05) is 55.4 Å². The number of hydrogen-bond acceptors (Lipinski definition) is 9. The number of aromatic nitrogens is 3. The number of aliphatic hydroxyl groups is 1. The predicted octanol–water partition coefficient (Wildman–Crippen LogP) is -0.675. The minimum Gasteiger partial charge on any atom is -0.395 e. The van der Waals surface area contributed by atoms with Crippen molar-refractivity contribution in [3.63, 3.8) is 0 Å². The summed E-state index contributed by atoms with van der Waals surface area (Å²) < 4.78 is 0. The third-order valence-electron chi connectivity index (χ3n) is 4.19. The van der Waals surface area contributed by atoms with Crippen LogP contribution in [-0.4, -0.2) is 70.2 Å². The summed E-state index contributed by atoms with van der Waals surface area (Å²) in [5.74, 6) is 0.657. The Kier molecular flexibility index (Phi) is 5.77. The summed E-state index contributed by atoms with van der Waals surface area (Å²) in [4.78, 5) is 28.6. The first kappa shape index (κ1) is 17.8. The molecule has 1 amide bonds.